The van der Waals surface area contributed by atoms with E-state index >= 15 is 0 Å². The average molecular weight is 298 g/mol. The van der Waals surface area contributed by atoms with E-state index in [1.165, 1.54) is 0 Å². The van der Waals surface area contributed by atoms with Crippen LogP contribution in [0.2, 0.25) is 10.0 Å². The first kappa shape index (κ1) is 13.9. The number of benzene rings is 1. The molecule has 2 N–H and O–H groups in total. The zero-order chi connectivity index (χ0) is 14.2. The monoisotopic (exact) mass is 297 g/mol. The lowest BCUT2D eigenvalue weighted by molar-refractivity contribution is 0.0991. The van der Waals surface area contributed by atoms with Gasteiger partial charge < -0.3 is 5.73 Å². The molecule has 2 rings (SSSR count). The molecule has 0 aliphatic rings. The fraction of sp³-hybridized carbons (Fsp3) is 0.231. The van der Waals surface area contributed by atoms with E-state index in [1.807, 2.05) is 0 Å². The molecule has 0 bridgehead atoms. The summed E-state index contributed by atoms with van der Waals surface area (Å²) in [6, 6.07) is 4.84. The number of nitrogens with two attached hydrogens (primary N) is 1. The van der Waals surface area contributed by atoms with Crippen molar-refractivity contribution >= 4 is 34.7 Å². The molecule has 0 fully saturated rings. The minimum Gasteiger partial charge on any atom is -0.398 e. The Morgan fingerprint density at radius 1 is 1.42 bits per heavy atom. The van der Waals surface area contributed by atoms with Gasteiger partial charge in [0.15, 0.2) is 5.78 Å². The van der Waals surface area contributed by atoms with Gasteiger partial charge in [-0.05, 0) is 25.1 Å². The van der Waals surface area contributed by atoms with E-state index in [-0.39, 0.29) is 12.2 Å². The number of nitrogen functional groups attached to an aromatic ring is 1. The summed E-state index contributed by atoms with van der Waals surface area (Å²) in [6.07, 6.45) is 0.177. The maximum Gasteiger partial charge on any atom is 0.168 e. The molecular weight excluding hydrogens is 285 g/mol. The standard InChI is InChI=1S/C13H13Cl2N3O/c1-7-13(15)11(18(2)17-7)6-12(19)8-3-4-10(16)9(14)5-8/h3-5H,6,16H2,1-2H3. The maximum atomic E-state index is 12.2. The lowest BCUT2D eigenvalue weighted by Crippen LogP contribution is -2.08. The van der Waals surface area contributed by atoms with Gasteiger partial charge in [0.1, 0.15) is 0 Å². The van der Waals surface area contributed by atoms with Gasteiger partial charge in [-0.3, -0.25) is 9.48 Å². The van der Waals surface area contributed by atoms with Crippen molar-refractivity contribution in [1.29, 1.82) is 0 Å². The smallest absolute Gasteiger partial charge is 0.168 e. The van der Waals surface area contributed by atoms with E-state index in [9.17, 15) is 4.79 Å². The normalized spacial score (nSPS) is 10.7. The molecule has 0 saturated heterocycles. The minimum atomic E-state index is -0.0770. The number of halogens is 2. The summed E-state index contributed by atoms with van der Waals surface area (Å²) >= 11 is 12.0. The molecule has 0 spiro atoms. The molecule has 4 nitrogen and oxygen atoms in total. The number of nitrogens with zero attached hydrogens (tertiary/aromatic N) is 2. The molecule has 0 amide bonds. The Labute approximate surface area is 121 Å². The number of carbonyl (C=O) groups excluding carboxylic acids is 1. The molecule has 19 heavy (non-hydrogen) atoms. The van der Waals surface area contributed by atoms with E-state index in [4.69, 9.17) is 28.9 Å². The number of hydrogen-bond donors (Lipinski definition) is 1. The molecule has 0 unspecified atom stereocenters. The molecular formula is C13H13Cl2N3O. The summed E-state index contributed by atoms with van der Waals surface area (Å²) < 4.78 is 1.62. The van der Waals surface area contributed by atoms with Crippen LogP contribution >= 0.6 is 23.2 Å². The maximum absolute atomic E-state index is 12.2. The highest BCUT2D eigenvalue weighted by Gasteiger charge is 2.16. The second-order valence-electron chi connectivity index (χ2n) is 4.31. The first-order valence-corrected chi connectivity index (χ1v) is 6.42. The Hall–Kier alpha value is -1.52. The van der Waals surface area contributed by atoms with Gasteiger partial charge in [0.2, 0.25) is 0 Å². The predicted octanol–water partition coefficient (Wildman–Crippen LogP) is 3.04. The van der Waals surface area contributed by atoms with Crippen molar-refractivity contribution in [2.45, 2.75) is 13.3 Å². The molecule has 0 atom stereocenters. The number of hydrogen-bond acceptors (Lipinski definition) is 3. The molecule has 6 heteroatoms. The second kappa shape index (κ2) is 5.23. The van der Waals surface area contributed by atoms with Crippen LogP contribution in [0.5, 0.6) is 0 Å². The molecule has 2 aromatic rings. The number of Topliss-reactive ketones (excluding diaryl/α,β-unsaturated/α-hetero) is 1. The highest BCUT2D eigenvalue weighted by Crippen LogP contribution is 2.23. The van der Waals surface area contributed by atoms with Crippen LogP contribution in [0.1, 0.15) is 21.7 Å². The Morgan fingerprint density at radius 3 is 2.63 bits per heavy atom. The van der Waals surface area contributed by atoms with Crippen molar-refractivity contribution in [3.05, 3.63) is 45.2 Å². The molecule has 0 radical (unpaired) electrons. The Morgan fingerprint density at radius 2 is 2.11 bits per heavy atom. The summed E-state index contributed by atoms with van der Waals surface area (Å²) in [5.74, 6) is -0.0770. The minimum absolute atomic E-state index is 0.0770. The lowest BCUT2D eigenvalue weighted by atomic mass is 10.1. The first-order valence-electron chi connectivity index (χ1n) is 5.66. The summed E-state index contributed by atoms with van der Waals surface area (Å²) in [6.45, 7) is 1.80. The van der Waals surface area contributed by atoms with E-state index in [1.54, 1.807) is 36.9 Å². The van der Waals surface area contributed by atoms with Crippen LogP contribution in [0.4, 0.5) is 5.69 Å². The predicted molar refractivity (Wildman–Crippen MR) is 76.9 cm³/mol. The van der Waals surface area contributed by atoms with E-state index in [0.717, 1.165) is 0 Å². The Bertz CT molecular complexity index is 650. The molecule has 0 aliphatic carbocycles. The highest BCUT2D eigenvalue weighted by atomic mass is 35.5. The highest BCUT2D eigenvalue weighted by molar-refractivity contribution is 6.33. The van der Waals surface area contributed by atoms with Crippen LogP contribution in [-0.2, 0) is 13.5 Å². The summed E-state index contributed by atoms with van der Waals surface area (Å²) in [5.41, 5.74) is 7.98. The van der Waals surface area contributed by atoms with Crippen molar-refractivity contribution in [2.24, 2.45) is 7.05 Å². The summed E-state index contributed by atoms with van der Waals surface area (Å²) in [7, 11) is 1.76. The molecule has 0 saturated carbocycles. The van der Waals surface area contributed by atoms with Crippen molar-refractivity contribution in [2.75, 3.05) is 5.73 Å². The van der Waals surface area contributed by atoms with E-state index in [0.29, 0.717) is 32.7 Å². The topological polar surface area (TPSA) is 60.9 Å². The SMILES string of the molecule is Cc1nn(C)c(CC(=O)c2ccc(N)c(Cl)c2)c1Cl. The van der Waals surface area contributed by atoms with Crippen LogP contribution in [0.25, 0.3) is 0 Å². The van der Waals surface area contributed by atoms with Gasteiger partial charge in [-0.25, -0.2) is 0 Å². The number of aromatic nitrogens is 2. The van der Waals surface area contributed by atoms with Gasteiger partial charge >= 0.3 is 0 Å². The number of carbonyl (C=O) groups is 1. The number of aryl methyl sites for hydroxylation is 2. The fourth-order valence-electron chi connectivity index (χ4n) is 1.83. The van der Waals surface area contributed by atoms with Gasteiger partial charge in [-0.2, -0.15) is 5.10 Å². The van der Waals surface area contributed by atoms with Gasteiger partial charge in [0, 0.05) is 12.6 Å². The molecule has 0 aliphatic heterocycles. The third-order valence-corrected chi connectivity index (χ3v) is 3.73. The number of ketones is 1. The first-order chi connectivity index (χ1) is 8.90. The van der Waals surface area contributed by atoms with Crippen LogP contribution < -0.4 is 5.73 Å². The molecule has 1 heterocycles. The number of rotatable bonds is 3. The molecule has 1 aromatic heterocycles. The average Bonchev–Trinajstić information content (AvgIpc) is 2.59. The van der Waals surface area contributed by atoms with Gasteiger partial charge in [0.05, 0.1) is 33.5 Å². The van der Waals surface area contributed by atoms with Gasteiger partial charge in [-0.1, -0.05) is 23.2 Å². The lowest BCUT2D eigenvalue weighted by Gasteiger charge is -2.04. The summed E-state index contributed by atoms with van der Waals surface area (Å²) in [4.78, 5) is 12.2. The van der Waals surface area contributed by atoms with Gasteiger partial charge in [-0.15, -0.1) is 0 Å². The zero-order valence-electron chi connectivity index (χ0n) is 10.6. The van der Waals surface area contributed by atoms with E-state index in [2.05, 4.69) is 5.10 Å². The Balaban J connectivity index is 2.28. The van der Waals surface area contributed by atoms with Gasteiger partial charge in [0.25, 0.3) is 0 Å². The van der Waals surface area contributed by atoms with Crippen molar-refractivity contribution in [1.82, 2.24) is 9.78 Å². The third kappa shape index (κ3) is 2.74. The number of anilines is 1. The molecule has 100 valence electrons. The molecule has 1 aromatic carbocycles. The van der Waals surface area contributed by atoms with Crippen LogP contribution in [0.15, 0.2) is 18.2 Å². The van der Waals surface area contributed by atoms with Crippen LogP contribution in [-0.4, -0.2) is 15.6 Å². The summed E-state index contributed by atoms with van der Waals surface area (Å²) in [5, 5.41) is 5.07. The van der Waals surface area contributed by atoms with Crippen LogP contribution in [0.3, 0.4) is 0 Å². The fourth-order valence-corrected chi connectivity index (χ4v) is 2.23. The van der Waals surface area contributed by atoms with E-state index < -0.39 is 0 Å². The van der Waals surface area contributed by atoms with Crippen LogP contribution in [0, 0.1) is 6.92 Å². The van der Waals surface area contributed by atoms with Crippen molar-refractivity contribution < 1.29 is 4.79 Å². The third-order valence-electron chi connectivity index (χ3n) is 2.91. The largest absolute Gasteiger partial charge is 0.398 e. The Kier molecular flexibility index (Phi) is 3.83. The van der Waals surface area contributed by atoms with Crippen molar-refractivity contribution in [3.63, 3.8) is 0 Å². The second-order valence-corrected chi connectivity index (χ2v) is 5.09. The quantitative estimate of drug-likeness (QED) is 0.700. The van der Waals surface area contributed by atoms with Crippen molar-refractivity contribution in [3.8, 4) is 0 Å². The zero-order valence-corrected chi connectivity index (χ0v) is 12.1.